The molecule has 0 bridgehead atoms. The Morgan fingerprint density at radius 3 is 1.80 bits per heavy atom. The second-order valence-electron chi connectivity index (χ2n) is 25.6. The lowest BCUT2D eigenvalue weighted by Crippen LogP contribution is -2.60. The van der Waals surface area contributed by atoms with Crippen LogP contribution in [0.3, 0.4) is 0 Å². The van der Waals surface area contributed by atoms with E-state index in [1.807, 2.05) is 11.3 Å². The zero-order chi connectivity index (χ0) is 51.8. The molecule has 0 radical (unpaired) electrons. The average molecular weight is 1010 g/mol. The van der Waals surface area contributed by atoms with E-state index in [9.17, 15) is 0 Å². The first-order chi connectivity index (χ1) is 36.6. The van der Waals surface area contributed by atoms with Crippen molar-refractivity contribution >= 4 is 111 Å². The van der Waals surface area contributed by atoms with E-state index >= 15 is 0 Å². The molecule has 0 spiro atoms. The van der Waals surface area contributed by atoms with E-state index in [1.54, 1.807) is 0 Å². The van der Waals surface area contributed by atoms with Crippen LogP contribution in [0.5, 0.6) is 0 Å². The first-order valence-electron chi connectivity index (χ1n) is 28.1. The van der Waals surface area contributed by atoms with E-state index in [4.69, 9.17) is 8.83 Å². The summed E-state index contributed by atoms with van der Waals surface area (Å²) in [5.41, 5.74) is 23.1. The first-order valence-corrected chi connectivity index (χ1v) is 28.9. The molecule has 0 amide bonds. The summed E-state index contributed by atoms with van der Waals surface area (Å²) in [4.78, 5) is 5.33. The molecule has 76 heavy (non-hydrogen) atoms. The number of aryl methyl sites for hydroxylation is 1. The highest BCUT2D eigenvalue weighted by Crippen LogP contribution is 2.57. The van der Waals surface area contributed by atoms with Gasteiger partial charge in [-0.25, -0.2) is 0 Å². The van der Waals surface area contributed by atoms with Gasteiger partial charge in [-0.1, -0.05) is 142 Å². The molecule has 2 aliphatic heterocycles. The van der Waals surface area contributed by atoms with Crippen molar-refractivity contribution in [3.63, 3.8) is 0 Å². The molecule has 0 saturated carbocycles. The number of thiophene rings is 1. The second-order valence-corrected chi connectivity index (χ2v) is 26.6. The smallest absolute Gasteiger partial charge is 0.343 e. The molecule has 11 aromatic rings. The van der Waals surface area contributed by atoms with E-state index < -0.39 is 0 Å². The van der Waals surface area contributed by atoms with Gasteiger partial charge in [-0.15, -0.1) is 11.3 Å². The predicted molar refractivity (Wildman–Crippen MR) is 325 cm³/mol. The van der Waals surface area contributed by atoms with Crippen molar-refractivity contribution in [2.24, 2.45) is 0 Å². The number of rotatable bonds is 6. The van der Waals surface area contributed by atoms with Gasteiger partial charge in [-0.3, -0.25) is 0 Å². The molecule has 0 atom stereocenters. The summed E-state index contributed by atoms with van der Waals surface area (Å²) in [7, 11) is 0. The monoisotopic (exact) mass is 1010 g/mol. The van der Waals surface area contributed by atoms with Crippen molar-refractivity contribution < 1.29 is 8.83 Å². The van der Waals surface area contributed by atoms with Crippen LogP contribution in [0.4, 0.5) is 28.4 Å². The van der Waals surface area contributed by atoms with Crippen molar-refractivity contribution in [2.75, 3.05) is 9.71 Å². The number of para-hydroxylation sites is 1. The number of hydrogen-bond acceptors (Lipinski definition) is 5. The summed E-state index contributed by atoms with van der Waals surface area (Å²) in [6, 6.07) is 55.8. The van der Waals surface area contributed by atoms with Gasteiger partial charge in [0.2, 0.25) is 0 Å². The molecule has 3 aromatic heterocycles. The van der Waals surface area contributed by atoms with Crippen LogP contribution in [0.25, 0.3) is 76.2 Å². The number of fused-ring (bicyclic) bond motifs is 15. The third-order valence-corrected chi connectivity index (χ3v) is 20.1. The van der Waals surface area contributed by atoms with Crippen molar-refractivity contribution in [2.45, 2.75) is 129 Å². The Balaban J connectivity index is 1.09. The van der Waals surface area contributed by atoms with Gasteiger partial charge >= 0.3 is 6.85 Å². The van der Waals surface area contributed by atoms with Gasteiger partial charge in [-0.2, -0.15) is 0 Å². The molecule has 15 rings (SSSR count). The summed E-state index contributed by atoms with van der Waals surface area (Å²) in [6.07, 6.45) is 8.06. The van der Waals surface area contributed by atoms with Crippen molar-refractivity contribution in [1.29, 1.82) is 0 Å². The number of anilines is 5. The van der Waals surface area contributed by atoms with E-state index in [0.29, 0.717) is 0 Å². The number of hydrogen-bond donors (Lipinski definition) is 0. The molecule has 0 unspecified atom stereocenters. The molecule has 6 heteroatoms. The van der Waals surface area contributed by atoms with Crippen LogP contribution in [0.15, 0.2) is 154 Å². The molecule has 2 aliphatic carbocycles. The van der Waals surface area contributed by atoms with Gasteiger partial charge in [0.25, 0.3) is 0 Å². The highest BCUT2D eigenvalue weighted by Gasteiger charge is 2.50. The van der Waals surface area contributed by atoms with E-state index in [1.165, 1.54) is 107 Å². The summed E-state index contributed by atoms with van der Waals surface area (Å²) in [6.45, 7) is 21.6. The van der Waals surface area contributed by atoms with Crippen molar-refractivity contribution in [3.05, 3.63) is 173 Å². The molecule has 5 heterocycles. The average Bonchev–Trinajstić information content (AvgIpc) is 4.25. The van der Waals surface area contributed by atoms with Crippen molar-refractivity contribution in [3.8, 4) is 22.3 Å². The number of benzene rings is 8. The topological polar surface area (TPSA) is 32.8 Å². The van der Waals surface area contributed by atoms with Crippen LogP contribution in [-0.4, -0.2) is 6.85 Å². The zero-order valence-electron chi connectivity index (χ0n) is 45.5. The molecule has 4 nitrogen and oxygen atoms in total. The Hall–Kier alpha value is -7.02. The summed E-state index contributed by atoms with van der Waals surface area (Å²) in [5.74, 6) is 0. The fourth-order valence-corrected chi connectivity index (χ4v) is 15.6. The predicted octanol–water partition coefficient (Wildman–Crippen LogP) is 19.1. The van der Waals surface area contributed by atoms with Gasteiger partial charge in [0.1, 0.15) is 22.3 Å². The standard InChI is InChI=1S/C70H65BN2O2S/c1-10-11-17-41-22-26-44(27-23-41)72-57-37-49-46-20-15-16-21-58(46)75-65(49)62-50-34-47-48-35-52-54(69(6,7)32-30-67(52,2)3)38-59(48)74-60(47)40-56(50)73(45-28-24-43(25-29-45)42-18-13-12-14-19-42)71(63(57)62)66-64(72)51-36-53-55(39-61(51)76-66)70(8,9)33-31-68(53,4)5/h12-16,18-29,34-40H,10-11,17,30-33H2,1-9H3. The Kier molecular flexibility index (Phi) is 9.76. The van der Waals surface area contributed by atoms with Crippen LogP contribution in [-0.2, 0) is 28.1 Å². The SMILES string of the molecule is CCCCc1ccc(N2c3cc4c(oc5ccccc54)c4c3B(c3sc5cc6c(cc5c32)C(C)(C)CCC6(C)C)N(c2ccc(-c3ccccc3)cc2)c2cc3oc5cc6c(cc5c3cc2-4)C(C)(C)CCC6(C)C)cc1. The summed E-state index contributed by atoms with van der Waals surface area (Å²) >= 11 is 1.99. The zero-order valence-corrected chi connectivity index (χ0v) is 46.3. The van der Waals surface area contributed by atoms with E-state index in [2.05, 4.69) is 218 Å². The molecular formula is C70H65BN2O2S. The highest BCUT2D eigenvalue weighted by atomic mass is 32.1. The van der Waals surface area contributed by atoms with Gasteiger partial charge < -0.3 is 18.5 Å². The number of unbranched alkanes of at least 4 members (excludes halogenated alkanes) is 1. The minimum absolute atomic E-state index is 0.0419. The minimum atomic E-state index is -0.195. The maximum absolute atomic E-state index is 7.29. The van der Waals surface area contributed by atoms with Crippen LogP contribution >= 0.6 is 11.3 Å². The molecule has 8 aromatic carbocycles. The molecule has 0 N–H and O–H groups in total. The van der Waals surface area contributed by atoms with Crippen LogP contribution in [0, 0.1) is 0 Å². The Bertz CT molecular complexity index is 4230. The lowest BCUT2D eigenvalue weighted by molar-refractivity contribution is 0.332. The van der Waals surface area contributed by atoms with Crippen molar-refractivity contribution in [1.82, 2.24) is 0 Å². The Labute approximate surface area is 451 Å². The minimum Gasteiger partial charge on any atom is -0.456 e. The normalized spacial score (nSPS) is 17.6. The lowest BCUT2D eigenvalue weighted by atomic mass is 9.46. The van der Waals surface area contributed by atoms with E-state index in [-0.39, 0.29) is 28.5 Å². The maximum atomic E-state index is 7.29. The van der Waals surface area contributed by atoms with Gasteiger partial charge in [0.05, 0.1) is 5.69 Å². The number of furan rings is 2. The fourth-order valence-electron chi connectivity index (χ4n) is 14.3. The van der Waals surface area contributed by atoms with Crippen LogP contribution < -0.4 is 20.0 Å². The largest absolute Gasteiger partial charge is 0.456 e. The molecule has 4 aliphatic rings. The molecule has 376 valence electrons. The maximum Gasteiger partial charge on any atom is 0.343 e. The third-order valence-electron chi connectivity index (χ3n) is 18.9. The fraction of sp³-hybridized carbons (Fsp3) is 0.286. The lowest BCUT2D eigenvalue weighted by Gasteiger charge is -2.44. The third kappa shape index (κ3) is 6.61. The Morgan fingerprint density at radius 1 is 0.513 bits per heavy atom. The molecule has 0 saturated heterocycles. The van der Waals surface area contributed by atoms with Crippen LogP contribution in [0.1, 0.15) is 129 Å². The van der Waals surface area contributed by atoms with E-state index in [0.717, 1.165) is 81.1 Å². The van der Waals surface area contributed by atoms with Gasteiger partial charge in [0.15, 0.2) is 0 Å². The first kappa shape index (κ1) is 46.3. The van der Waals surface area contributed by atoms with Gasteiger partial charge in [-0.05, 0) is 171 Å². The number of nitrogens with zero attached hydrogens (tertiary/aromatic N) is 2. The summed E-state index contributed by atoms with van der Waals surface area (Å²) < 4.78 is 17.2. The molecular weight excluding hydrogens is 944 g/mol. The Morgan fingerprint density at radius 2 is 1.11 bits per heavy atom. The highest BCUT2D eigenvalue weighted by molar-refractivity contribution is 7.32. The van der Waals surface area contributed by atoms with Crippen LogP contribution in [0.2, 0.25) is 0 Å². The summed E-state index contributed by atoms with van der Waals surface area (Å²) in [5, 5.41) is 5.92. The van der Waals surface area contributed by atoms with Gasteiger partial charge in [0, 0.05) is 76.4 Å². The molecule has 0 fully saturated rings. The quantitative estimate of drug-likeness (QED) is 0.155. The second kappa shape index (κ2) is 16.0.